The van der Waals surface area contributed by atoms with Crippen molar-refractivity contribution in [1.29, 1.82) is 0 Å². The van der Waals surface area contributed by atoms with Gasteiger partial charge in [0.05, 0.1) is 24.4 Å². The van der Waals surface area contributed by atoms with Gasteiger partial charge in [-0.15, -0.1) is 0 Å². The third kappa shape index (κ3) is 10.2. The quantitative estimate of drug-likeness (QED) is 0.369. The number of carbonyl (C=O) groups is 1. The molecule has 1 unspecified atom stereocenters. The third-order valence-electron chi connectivity index (χ3n) is 5.50. The van der Waals surface area contributed by atoms with Gasteiger partial charge in [-0.05, 0) is 26.7 Å². The van der Waals surface area contributed by atoms with Crippen LogP contribution in [-0.4, -0.2) is 69.0 Å². The molecule has 0 radical (unpaired) electrons. The molecule has 2 aliphatic heterocycles. The fourth-order valence-electron chi connectivity index (χ4n) is 3.63. The number of aliphatic hydroxyl groups is 4. The zero-order valence-corrected chi connectivity index (χ0v) is 19.8. The maximum atomic E-state index is 12.0. The van der Waals surface area contributed by atoms with Crippen LogP contribution in [0.1, 0.15) is 33.1 Å². The van der Waals surface area contributed by atoms with E-state index in [-0.39, 0.29) is 24.8 Å². The van der Waals surface area contributed by atoms with Crippen LogP contribution in [0.5, 0.6) is 0 Å². The van der Waals surface area contributed by atoms with Gasteiger partial charge in [-0.3, -0.25) is 4.79 Å². The van der Waals surface area contributed by atoms with Crippen molar-refractivity contribution in [1.82, 2.24) is 5.32 Å². The average molecular weight is 472 g/mol. The summed E-state index contributed by atoms with van der Waals surface area (Å²) in [5.74, 6) is -0.257. The molecule has 2 rings (SSSR count). The van der Waals surface area contributed by atoms with E-state index in [1.807, 2.05) is 32.1 Å². The number of amides is 1. The highest BCUT2D eigenvalue weighted by molar-refractivity contribution is 5.87. The molecule has 5 N–H and O–H groups in total. The Kier molecular flexibility index (Phi) is 11.9. The molecule has 1 amide bonds. The lowest BCUT2D eigenvalue weighted by Gasteiger charge is -2.22. The van der Waals surface area contributed by atoms with Gasteiger partial charge >= 0.3 is 0 Å². The second-order valence-corrected chi connectivity index (χ2v) is 8.66. The Morgan fingerprint density at radius 2 is 1.62 bits per heavy atom. The Balaban J connectivity index is 2.11. The maximum absolute atomic E-state index is 12.0. The Morgan fingerprint density at radius 3 is 2.41 bits per heavy atom. The number of nitrogens with one attached hydrogen (secondary N) is 1. The SMILES string of the molecule is CC1=C\C=C\[C@@H]2O[C@@H](C[C@H]2O)[C@H](O)[C@H](O)C/C=C/C=C/C=C/C(=O)NC(C)C[C@@H](O)\C=C\C=C\1. The summed E-state index contributed by atoms with van der Waals surface area (Å²) in [6, 6.07) is -0.202. The number of allylic oxidation sites excluding steroid dienone is 10. The first-order chi connectivity index (χ1) is 16.3. The van der Waals surface area contributed by atoms with Gasteiger partial charge in [-0.1, -0.05) is 78.5 Å². The van der Waals surface area contributed by atoms with Crippen molar-refractivity contribution in [2.45, 2.75) is 75.8 Å². The predicted molar refractivity (Wildman–Crippen MR) is 133 cm³/mol. The van der Waals surface area contributed by atoms with Crippen LogP contribution in [-0.2, 0) is 9.53 Å². The molecule has 186 valence electrons. The van der Waals surface area contributed by atoms with Crippen LogP contribution < -0.4 is 5.32 Å². The van der Waals surface area contributed by atoms with Crippen LogP contribution in [0, 0.1) is 0 Å². The van der Waals surface area contributed by atoms with Crippen LogP contribution >= 0.6 is 0 Å². The van der Waals surface area contributed by atoms with Gasteiger partial charge in [0.15, 0.2) is 0 Å². The molecule has 2 bridgehead atoms. The summed E-state index contributed by atoms with van der Waals surface area (Å²) in [6.45, 7) is 3.75. The van der Waals surface area contributed by atoms with Crippen molar-refractivity contribution in [3.8, 4) is 0 Å². The first kappa shape index (κ1) is 27.7. The number of fused-ring (bicyclic) bond motifs is 2. The van der Waals surface area contributed by atoms with Gasteiger partial charge < -0.3 is 30.5 Å². The number of ether oxygens (including phenoxy) is 1. The van der Waals surface area contributed by atoms with Gasteiger partial charge in [0.1, 0.15) is 12.2 Å². The van der Waals surface area contributed by atoms with Crippen molar-refractivity contribution in [2.75, 3.05) is 0 Å². The number of rotatable bonds is 0. The minimum atomic E-state index is -1.12. The molecule has 7 atom stereocenters. The normalized spacial score (nSPS) is 41.5. The van der Waals surface area contributed by atoms with E-state index < -0.39 is 36.6 Å². The van der Waals surface area contributed by atoms with Crippen LogP contribution in [0.4, 0.5) is 0 Å². The van der Waals surface area contributed by atoms with Crippen LogP contribution in [0.25, 0.3) is 0 Å². The third-order valence-corrected chi connectivity index (χ3v) is 5.50. The Hall–Kier alpha value is -2.55. The summed E-state index contributed by atoms with van der Waals surface area (Å²) < 4.78 is 5.75. The summed E-state index contributed by atoms with van der Waals surface area (Å²) in [4.78, 5) is 12.0. The maximum Gasteiger partial charge on any atom is 0.244 e. The molecule has 0 aromatic heterocycles. The average Bonchev–Trinajstić information content (AvgIpc) is 3.15. The van der Waals surface area contributed by atoms with Crippen LogP contribution in [0.15, 0.2) is 84.6 Å². The van der Waals surface area contributed by atoms with Crippen molar-refractivity contribution < 1.29 is 30.0 Å². The molecular weight excluding hydrogens is 434 g/mol. The topological polar surface area (TPSA) is 119 Å². The lowest BCUT2D eigenvalue weighted by molar-refractivity contribution is -0.117. The molecule has 0 saturated carbocycles. The standard InChI is InChI=1S/C27H37NO6/c1-19-11-8-9-13-21(29)17-20(2)28-26(32)16-7-5-3-4-6-14-22(30)27(33)25-18-23(31)24(34-25)15-10-12-19/h3-13,15-16,20-25,27,29-31,33H,14,17-18H2,1-2H3,(H,28,32)/b5-3+,6-4+,11-8+,13-9+,15-10+,16-7+,19-12+/t20?,21-,22+,23+,24-,25-,27+/m0/s1. The summed E-state index contributed by atoms with van der Waals surface area (Å²) in [6.07, 6.45) is 18.3. The van der Waals surface area contributed by atoms with Gasteiger partial charge in [0.25, 0.3) is 0 Å². The molecular formula is C27H37NO6. The van der Waals surface area contributed by atoms with Gasteiger partial charge in [0, 0.05) is 18.5 Å². The summed E-state index contributed by atoms with van der Waals surface area (Å²) in [5.41, 5.74) is 0.952. The lowest BCUT2D eigenvalue weighted by atomic mass is 10.0. The minimum absolute atomic E-state index is 0.202. The summed E-state index contributed by atoms with van der Waals surface area (Å²) in [7, 11) is 0. The Labute approximate surface area is 201 Å². The van der Waals surface area contributed by atoms with Crippen molar-refractivity contribution in [3.05, 3.63) is 84.6 Å². The van der Waals surface area contributed by atoms with Crippen molar-refractivity contribution in [2.24, 2.45) is 0 Å². The number of hydrogen-bond donors (Lipinski definition) is 5. The minimum Gasteiger partial charge on any atom is -0.390 e. The first-order valence-electron chi connectivity index (χ1n) is 11.6. The van der Waals surface area contributed by atoms with E-state index in [1.165, 1.54) is 6.08 Å². The molecule has 1 saturated heterocycles. The molecule has 2 heterocycles. The summed E-state index contributed by atoms with van der Waals surface area (Å²) >= 11 is 0. The Bertz CT molecular complexity index is 853. The van der Waals surface area contributed by atoms with Crippen LogP contribution in [0.2, 0.25) is 0 Å². The fourth-order valence-corrected chi connectivity index (χ4v) is 3.63. The van der Waals surface area contributed by atoms with E-state index >= 15 is 0 Å². The highest BCUT2D eigenvalue weighted by Crippen LogP contribution is 2.26. The van der Waals surface area contributed by atoms with E-state index in [9.17, 15) is 25.2 Å². The van der Waals surface area contributed by atoms with Gasteiger partial charge in [-0.25, -0.2) is 0 Å². The smallest absolute Gasteiger partial charge is 0.244 e. The second-order valence-electron chi connectivity index (χ2n) is 8.66. The van der Waals surface area contributed by atoms with E-state index in [0.717, 1.165) is 5.57 Å². The zero-order valence-electron chi connectivity index (χ0n) is 19.8. The fraction of sp³-hybridized carbons (Fsp3) is 0.444. The summed E-state index contributed by atoms with van der Waals surface area (Å²) in [5, 5.41) is 43.9. The van der Waals surface area contributed by atoms with Crippen LogP contribution in [0.3, 0.4) is 0 Å². The zero-order chi connectivity index (χ0) is 24.9. The Morgan fingerprint density at radius 1 is 0.882 bits per heavy atom. The van der Waals surface area contributed by atoms with Gasteiger partial charge in [-0.2, -0.15) is 0 Å². The van der Waals surface area contributed by atoms with E-state index in [0.29, 0.717) is 6.42 Å². The highest BCUT2D eigenvalue weighted by atomic mass is 16.5. The van der Waals surface area contributed by atoms with Crippen molar-refractivity contribution >= 4 is 5.91 Å². The molecule has 7 heteroatoms. The molecule has 1 fully saturated rings. The molecule has 0 spiro atoms. The van der Waals surface area contributed by atoms with Crippen molar-refractivity contribution in [3.63, 3.8) is 0 Å². The molecule has 2 aliphatic rings. The number of hydrogen-bond acceptors (Lipinski definition) is 6. The first-order valence-corrected chi connectivity index (χ1v) is 11.6. The number of carbonyl (C=O) groups excluding carboxylic acids is 1. The molecule has 0 aliphatic carbocycles. The largest absolute Gasteiger partial charge is 0.390 e. The second kappa shape index (κ2) is 14.7. The van der Waals surface area contributed by atoms with E-state index in [2.05, 4.69) is 5.32 Å². The van der Waals surface area contributed by atoms with E-state index in [1.54, 1.807) is 54.7 Å². The van der Waals surface area contributed by atoms with Gasteiger partial charge in [0.2, 0.25) is 5.91 Å². The monoisotopic (exact) mass is 471 g/mol. The molecule has 34 heavy (non-hydrogen) atoms. The molecule has 0 aromatic rings. The lowest BCUT2D eigenvalue weighted by Crippen LogP contribution is -2.37. The highest BCUT2D eigenvalue weighted by Gasteiger charge is 2.38. The predicted octanol–water partition coefficient (Wildman–Crippen LogP) is 2.17. The molecule has 0 aromatic carbocycles. The van der Waals surface area contributed by atoms with E-state index in [4.69, 9.17) is 4.74 Å². The number of aliphatic hydroxyl groups excluding tert-OH is 4. The molecule has 7 nitrogen and oxygen atoms in total.